The van der Waals surface area contributed by atoms with E-state index in [9.17, 15) is 13.2 Å². The molecule has 0 spiro atoms. The monoisotopic (exact) mass is 229 g/mol. The van der Waals surface area contributed by atoms with Gasteiger partial charge in [-0.15, -0.1) is 0 Å². The van der Waals surface area contributed by atoms with E-state index < -0.39 is 12.6 Å². The Morgan fingerprint density at radius 1 is 1.38 bits per heavy atom. The lowest BCUT2D eigenvalue weighted by Crippen LogP contribution is -2.12. The van der Waals surface area contributed by atoms with E-state index in [0.717, 1.165) is 5.82 Å². The molecule has 2 heterocycles. The highest BCUT2D eigenvalue weighted by Crippen LogP contribution is 2.21. The van der Waals surface area contributed by atoms with Gasteiger partial charge in [-0.05, 0) is 6.07 Å². The summed E-state index contributed by atoms with van der Waals surface area (Å²) < 4.78 is 36.4. The summed E-state index contributed by atoms with van der Waals surface area (Å²) in [7, 11) is 0. The second-order valence-corrected chi connectivity index (χ2v) is 3.52. The molecule has 86 valence electrons. The Kier molecular flexibility index (Phi) is 2.57. The number of imidazole rings is 1. The minimum Gasteiger partial charge on any atom is -0.342 e. The summed E-state index contributed by atoms with van der Waals surface area (Å²) in [4.78, 5) is 10.9. The van der Waals surface area contributed by atoms with Crippen LogP contribution in [0.2, 0.25) is 0 Å². The quantitative estimate of drug-likeness (QED) is 0.860. The van der Waals surface area contributed by atoms with E-state index in [1.165, 1.54) is 12.3 Å². The van der Waals surface area contributed by atoms with Crippen LogP contribution >= 0.6 is 0 Å². The van der Waals surface area contributed by atoms with E-state index in [0.29, 0.717) is 17.5 Å². The van der Waals surface area contributed by atoms with E-state index in [1.54, 1.807) is 0 Å². The highest BCUT2D eigenvalue weighted by atomic mass is 19.4. The van der Waals surface area contributed by atoms with Crippen LogP contribution in [0.15, 0.2) is 12.3 Å². The molecule has 0 fully saturated rings. The normalized spacial score (nSPS) is 12.2. The lowest BCUT2D eigenvalue weighted by atomic mass is 10.2. The smallest absolute Gasteiger partial charge is 0.342 e. The molecule has 0 aliphatic rings. The van der Waals surface area contributed by atoms with Crippen molar-refractivity contribution in [1.82, 2.24) is 15.0 Å². The summed E-state index contributed by atoms with van der Waals surface area (Å²) >= 11 is 0. The zero-order valence-electron chi connectivity index (χ0n) is 8.60. The van der Waals surface area contributed by atoms with Crippen molar-refractivity contribution < 1.29 is 13.2 Å². The first kappa shape index (κ1) is 10.9. The Hall–Kier alpha value is -1.59. The first-order valence-corrected chi connectivity index (χ1v) is 4.88. The highest BCUT2D eigenvalue weighted by Gasteiger charge is 2.28. The standard InChI is InChI=1S/C10H10F3N3/c1-2-9-15-7-3-6(4-10(11,12)13)14-5-8(7)16-9/h3,5H,2,4H2,1H3,(H,15,16). The van der Waals surface area contributed by atoms with Crippen molar-refractivity contribution in [3.05, 3.63) is 23.8 Å². The van der Waals surface area contributed by atoms with Gasteiger partial charge in [0.15, 0.2) is 0 Å². The van der Waals surface area contributed by atoms with Gasteiger partial charge < -0.3 is 4.98 Å². The first-order valence-electron chi connectivity index (χ1n) is 4.88. The van der Waals surface area contributed by atoms with Crippen molar-refractivity contribution in [3.8, 4) is 0 Å². The molecule has 0 aromatic carbocycles. The van der Waals surface area contributed by atoms with Crippen molar-refractivity contribution in [2.75, 3.05) is 0 Å². The first-order chi connectivity index (χ1) is 7.48. The van der Waals surface area contributed by atoms with E-state index in [2.05, 4.69) is 15.0 Å². The molecule has 2 rings (SSSR count). The van der Waals surface area contributed by atoms with Crippen LogP contribution in [-0.4, -0.2) is 21.1 Å². The summed E-state index contributed by atoms with van der Waals surface area (Å²) in [6, 6.07) is 1.40. The summed E-state index contributed by atoms with van der Waals surface area (Å²) in [6.45, 7) is 1.92. The zero-order valence-corrected chi connectivity index (χ0v) is 8.60. The molecule has 0 aliphatic carbocycles. The van der Waals surface area contributed by atoms with Crippen LogP contribution in [0.25, 0.3) is 11.0 Å². The average molecular weight is 229 g/mol. The molecule has 0 unspecified atom stereocenters. The predicted molar refractivity (Wildman–Crippen MR) is 53.0 cm³/mol. The summed E-state index contributed by atoms with van der Waals surface area (Å²) in [6.07, 6.45) is -3.16. The molecule has 0 saturated heterocycles. The van der Waals surface area contributed by atoms with Gasteiger partial charge >= 0.3 is 6.18 Å². The van der Waals surface area contributed by atoms with Crippen molar-refractivity contribution in [2.45, 2.75) is 25.9 Å². The predicted octanol–water partition coefficient (Wildman–Crippen LogP) is 2.63. The number of halogens is 3. The molecule has 0 amide bonds. The lowest BCUT2D eigenvalue weighted by molar-refractivity contribution is -0.127. The van der Waals surface area contributed by atoms with Crippen molar-refractivity contribution in [3.63, 3.8) is 0 Å². The van der Waals surface area contributed by atoms with Crippen molar-refractivity contribution in [1.29, 1.82) is 0 Å². The Balaban J connectivity index is 2.36. The van der Waals surface area contributed by atoms with Gasteiger partial charge in [0.05, 0.1) is 23.8 Å². The Bertz CT molecular complexity index is 501. The summed E-state index contributed by atoms with van der Waals surface area (Å²) in [5.41, 5.74) is 1.21. The minimum atomic E-state index is -4.23. The van der Waals surface area contributed by atoms with Crippen LogP contribution in [0.4, 0.5) is 13.2 Å². The molecule has 3 nitrogen and oxygen atoms in total. The molecule has 1 N–H and O–H groups in total. The number of H-pyrrole nitrogens is 1. The maximum Gasteiger partial charge on any atom is 0.394 e. The Morgan fingerprint density at radius 3 is 2.75 bits per heavy atom. The topological polar surface area (TPSA) is 41.6 Å². The molecule has 16 heavy (non-hydrogen) atoms. The van der Waals surface area contributed by atoms with Gasteiger partial charge in [-0.25, -0.2) is 4.98 Å². The number of nitrogens with one attached hydrogen (secondary N) is 1. The van der Waals surface area contributed by atoms with Crippen LogP contribution in [0.5, 0.6) is 0 Å². The fourth-order valence-electron chi connectivity index (χ4n) is 1.48. The molecule has 0 aliphatic heterocycles. The average Bonchev–Trinajstić information content (AvgIpc) is 2.57. The number of fused-ring (bicyclic) bond motifs is 1. The minimum absolute atomic E-state index is 0.00584. The van der Waals surface area contributed by atoms with Crippen LogP contribution in [0.3, 0.4) is 0 Å². The van der Waals surface area contributed by atoms with Crippen molar-refractivity contribution >= 4 is 11.0 Å². The molecule has 0 saturated carbocycles. The number of aryl methyl sites for hydroxylation is 1. The third kappa shape index (κ3) is 2.32. The maximum absolute atomic E-state index is 12.1. The molecular weight excluding hydrogens is 219 g/mol. The zero-order chi connectivity index (χ0) is 11.8. The Morgan fingerprint density at radius 2 is 2.12 bits per heavy atom. The van der Waals surface area contributed by atoms with Gasteiger partial charge in [0.2, 0.25) is 0 Å². The molecule has 0 atom stereocenters. The van der Waals surface area contributed by atoms with Gasteiger partial charge in [-0.3, -0.25) is 4.98 Å². The van der Waals surface area contributed by atoms with Gasteiger partial charge in [0, 0.05) is 6.42 Å². The third-order valence-corrected chi connectivity index (χ3v) is 2.19. The summed E-state index contributed by atoms with van der Waals surface area (Å²) in [5, 5.41) is 0. The van der Waals surface area contributed by atoms with E-state index in [1.807, 2.05) is 6.92 Å². The number of rotatable bonds is 2. The van der Waals surface area contributed by atoms with E-state index in [4.69, 9.17) is 0 Å². The van der Waals surface area contributed by atoms with Gasteiger partial charge in [-0.1, -0.05) is 6.92 Å². The van der Waals surface area contributed by atoms with E-state index >= 15 is 0 Å². The lowest BCUT2D eigenvalue weighted by Gasteiger charge is -2.04. The third-order valence-electron chi connectivity index (χ3n) is 2.19. The Labute approximate surface area is 89.7 Å². The molecule has 2 aromatic heterocycles. The van der Waals surface area contributed by atoms with Gasteiger partial charge in [-0.2, -0.15) is 13.2 Å². The van der Waals surface area contributed by atoms with Gasteiger partial charge in [0.25, 0.3) is 0 Å². The number of aromatic nitrogens is 3. The molecule has 6 heteroatoms. The number of nitrogens with zero attached hydrogens (tertiary/aromatic N) is 2. The fourth-order valence-corrected chi connectivity index (χ4v) is 1.48. The molecule has 0 bridgehead atoms. The number of hydrogen-bond donors (Lipinski definition) is 1. The second-order valence-electron chi connectivity index (χ2n) is 3.52. The number of hydrogen-bond acceptors (Lipinski definition) is 2. The molecular formula is C10H10F3N3. The number of alkyl halides is 3. The molecule has 2 aromatic rings. The van der Waals surface area contributed by atoms with Crippen molar-refractivity contribution in [2.24, 2.45) is 0 Å². The van der Waals surface area contributed by atoms with Crippen LogP contribution < -0.4 is 0 Å². The van der Waals surface area contributed by atoms with E-state index in [-0.39, 0.29) is 5.69 Å². The second kappa shape index (κ2) is 3.77. The number of aromatic amines is 1. The van der Waals surface area contributed by atoms with Crippen LogP contribution in [0, 0.1) is 0 Å². The van der Waals surface area contributed by atoms with Crippen LogP contribution in [-0.2, 0) is 12.8 Å². The summed E-state index contributed by atoms with van der Waals surface area (Å²) in [5.74, 6) is 0.751. The highest BCUT2D eigenvalue weighted by molar-refractivity contribution is 5.74. The maximum atomic E-state index is 12.1. The van der Waals surface area contributed by atoms with Gasteiger partial charge in [0.1, 0.15) is 11.3 Å². The largest absolute Gasteiger partial charge is 0.394 e. The van der Waals surface area contributed by atoms with Crippen LogP contribution in [0.1, 0.15) is 18.4 Å². The number of pyridine rings is 1. The SMILES string of the molecule is CCc1nc2cnc(CC(F)(F)F)cc2[nH]1. The fraction of sp³-hybridized carbons (Fsp3) is 0.400. The molecule has 0 radical (unpaired) electrons.